The molecular formula is C11H13NO4S. The molecule has 1 aromatic rings. The van der Waals surface area contributed by atoms with E-state index in [0.717, 1.165) is 16.7 Å². The number of hydrogen-bond donors (Lipinski definition) is 3. The lowest BCUT2D eigenvalue weighted by Gasteiger charge is -2.14. The molecule has 92 valence electrons. The molecule has 0 spiro atoms. The van der Waals surface area contributed by atoms with Crippen molar-refractivity contribution in [2.75, 3.05) is 0 Å². The first-order chi connectivity index (χ1) is 8.00. The maximum atomic E-state index is 11.0. The van der Waals surface area contributed by atoms with Gasteiger partial charge in [-0.3, -0.25) is 9.59 Å². The van der Waals surface area contributed by atoms with Crippen LogP contribution in [0.4, 0.5) is 0 Å². The molecule has 0 fully saturated rings. The lowest BCUT2D eigenvalue weighted by Crippen LogP contribution is -2.35. The maximum absolute atomic E-state index is 11.0. The molecule has 2 unspecified atom stereocenters. The minimum absolute atomic E-state index is 0.107. The second-order valence-electron chi connectivity index (χ2n) is 3.44. The Morgan fingerprint density at radius 1 is 1.18 bits per heavy atom. The normalized spacial score (nSPS) is 13.9. The number of carbonyl (C=O) groups is 2. The first-order valence-electron chi connectivity index (χ1n) is 4.93. The maximum Gasteiger partial charge on any atom is 0.320 e. The number of nitrogens with two attached hydrogens (primary N) is 1. The van der Waals surface area contributed by atoms with Gasteiger partial charge in [-0.1, -0.05) is 18.2 Å². The van der Waals surface area contributed by atoms with Crippen LogP contribution in [0.2, 0.25) is 0 Å². The van der Waals surface area contributed by atoms with Gasteiger partial charge in [-0.15, -0.1) is 11.8 Å². The van der Waals surface area contributed by atoms with Gasteiger partial charge in [-0.2, -0.15) is 0 Å². The van der Waals surface area contributed by atoms with E-state index in [1.54, 1.807) is 24.3 Å². The molecule has 0 heterocycles. The van der Waals surface area contributed by atoms with Gasteiger partial charge in [0.05, 0.1) is 0 Å². The Balaban J connectivity index is 2.67. The zero-order valence-electron chi connectivity index (χ0n) is 8.95. The van der Waals surface area contributed by atoms with Crippen LogP contribution >= 0.6 is 11.8 Å². The summed E-state index contributed by atoms with van der Waals surface area (Å²) in [7, 11) is 0. The minimum atomic E-state index is -1.19. The number of aliphatic carboxylic acids is 2. The second kappa shape index (κ2) is 6.27. The van der Waals surface area contributed by atoms with Crippen molar-refractivity contribution in [1.29, 1.82) is 0 Å². The number of carboxylic acid groups (broad SMARTS) is 2. The van der Waals surface area contributed by atoms with Gasteiger partial charge in [-0.05, 0) is 18.6 Å². The lowest BCUT2D eigenvalue weighted by atomic mass is 10.2. The van der Waals surface area contributed by atoms with Gasteiger partial charge in [0, 0.05) is 4.90 Å². The van der Waals surface area contributed by atoms with Crippen molar-refractivity contribution in [2.45, 2.75) is 22.6 Å². The van der Waals surface area contributed by atoms with Crippen molar-refractivity contribution in [1.82, 2.24) is 0 Å². The Labute approximate surface area is 103 Å². The highest BCUT2D eigenvalue weighted by Crippen LogP contribution is 2.26. The van der Waals surface area contributed by atoms with Gasteiger partial charge in [0.2, 0.25) is 0 Å². The molecule has 0 aliphatic heterocycles. The molecule has 6 heteroatoms. The van der Waals surface area contributed by atoms with Crippen molar-refractivity contribution in [2.24, 2.45) is 5.73 Å². The van der Waals surface area contributed by atoms with E-state index in [4.69, 9.17) is 15.9 Å². The second-order valence-corrected chi connectivity index (χ2v) is 4.71. The van der Waals surface area contributed by atoms with Crippen LogP contribution in [0.15, 0.2) is 35.2 Å². The molecule has 17 heavy (non-hydrogen) atoms. The molecule has 0 aliphatic rings. The van der Waals surface area contributed by atoms with Crippen LogP contribution in [0.3, 0.4) is 0 Å². The molecule has 5 nitrogen and oxygen atoms in total. The van der Waals surface area contributed by atoms with Gasteiger partial charge in [-0.25, -0.2) is 0 Å². The summed E-state index contributed by atoms with van der Waals surface area (Å²) in [4.78, 5) is 22.4. The Kier molecular flexibility index (Phi) is 4.99. The van der Waals surface area contributed by atoms with Crippen LogP contribution in [0.1, 0.15) is 6.42 Å². The molecule has 0 saturated heterocycles. The minimum Gasteiger partial charge on any atom is -0.480 e. The van der Waals surface area contributed by atoms with Gasteiger partial charge < -0.3 is 15.9 Å². The lowest BCUT2D eigenvalue weighted by molar-refractivity contribution is -0.139. The molecular weight excluding hydrogens is 242 g/mol. The van der Waals surface area contributed by atoms with Gasteiger partial charge in [0.15, 0.2) is 0 Å². The Morgan fingerprint density at radius 2 is 1.76 bits per heavy atom. The van der Waals surface area contributed by atoms with Crippen LogP contribution in [0.5, 0.6) is 0 Å². The van der Waals surface area contributed by atoms with Crippen molar-refractivity contribution < 1.29 is 19.8 Å². The van der Waals surface area contributed by atoms with Gasteiger partial charge in [0.1, 0.15) is 11.3 Å². The molecule has 0 radical (unpaired) electrons. The summed E-state index contributed by atoms with van der Waals surface area (Å²) in [5.41, 5.74) is 5.33. The fourth-order valence-corrected chi connectivity index (χ4v) is 2.24. The van der Waals surface area contributed by atoms with Crippen LogP contribution in [-0.2, 0) is 9.59 Å². The standard InChI is InChI=1S/C11H13NO4S/c12-8(10(13)14)6-9(11(15)16)17-7-4-2-1-3-5-7/h1-5,8-9H,6,12H2,(H,13,14)(H,15,16). The summed E-state index contributed by atoms with van der Waals surface area (Å²) < 4.78 is 0. The fourth-order valence-electron chi connectivity index (χ4n) is 1.19. The highest BCUT2D eigenvalue weighted by Gasteiger charge is 2.25. The summed E-state index contributed by atoms with van der Waals surface area (Å²) in [6.45, 7) is 0. The number of hydrogen-bond acceptors (Lipinski definition) is 4. The average Bonchev–Trinajstić information content (AvgIpc) is 2.29. The smallest absolute Gasteiger partial charge is 0.320 e. The van der Waals surface area contributed by atoms with Crippen molar-refractivity contribution >= 4 is 23.7 Å². The Hall–Kier alpha value is -1.53. The van der Waals surface area contributed by atoms with E-state index >= 15 is 0 Å². The van der Waals surface area contributed by atoms with Crippen molar-refractivity contribution in [3.8, 4) is 0 Å². The third-order valence-corrected chi connectivity index (χ3v) is 3.31. The molecule has 0 amide bonds. The van der Waals surface area contributed by atoms with E-state index in [-0.39, 0.29) is 6.42 Å². The Morgan fingerprint density at radius 3 is 2.24 bits per heavy atom. The molecule has 2 atom stereocenters. The number of thioether (sulfide) groups is 1. The third-order valence-electron chi connectivity index (χ3n) is 2.08. The summed E-state index contributed by atoms with van der Waals surface area (Å²) in [5, 5.41) is 16.8. The predicted octanol–water partition coefficient (Wildman–Crippen LogP) is 1.03. The molecule has 0 bridgehead atoms. The summed E-state index contributed by atoms with van der Waals surface area (Å²) >= 11 is 1.10. The van der Waals surface area contributed by atoms with E-state index < -0.39 is 23.2 Å². The molecule has 0 aliphatic carbocycles. The highest BCUT2D eigenvalue weighted by atomic mass is 32.2. The quantitative estimate of drug-likeness (QED) is 0.656. The zero-order valence-corrected chi connectivity index (χ0v) is 9.76. The Bertz CT molecular complexity index is 396. The zero-order chi connectivity index (χ0) is 12.8. The van der Waals surface area contributed by atoms with E-state index in [1.165, 1.54) is 0 Å². The summed E-state index contributed by atoms with van der Waals surface area (Å²) in [6, 6.07) is 7.78. The van der Waals surface area contributed by atoms with Crippen molar-refractivity contribution in [3.05, 3.63) is 30.3 Å². The largest absolute Gasteiger partial charge is 0.480 e. The van der Waals surface area contributed by atoms with Crippen LogP contribution in [0.25, 0.3) is 0 Å². The molecule has 0 saturated carbocycles. The van der Waals surface area contributed by atoms with E-state index in [1.807, 2.05) is 6.07 Å². The number of rotatable bonds is 6. The number of benzene rings is 1. The molecule has 4 N–H and O–H groups in total. The molecule has 0 aromatic heterocycles. The molecule has 1 rings (SSSR count). The van der Waals surface area contributed by atoms with Gasteiger partial charge in [0.25, 0.3) is 0 Å². The number of carboxylic acids is 2. The van der Waals surface area contributed by atoms with Gasteiger partial charge >= 0.3 is 11.9 Å². The highest BCUT2D eigenvalue weighted by molar-refractivity contribution is 8.00. The van der Waals surface area contributed by atoms with E-state index in [2.05, 4.69) is 0 Å². The van der Waals surface area contributed by atoms with Crippen LogP contribution in [-0.4, -0.2) is 33.4 Å². The first-order valence-corrected chi connectivity index (χ1v) is 5.81. The average molecular weight is 255 g/mol. The van der Waals surface area contributed by atoms with Crippen LogP contribution < -0.4 is 5.73 Å². The summed E-state index contributed by atoms with van der Waals surface area (Å²) in [5.74, 6) is -2.25. The third kappa shape index (κ3) is 4.46. The van der Waals surface area contributed by atoms with E-state index in [0.29, 0.717) is 0 Å². The summed E-state index contributed by atoms with van der Waals surface area (Å²) in [6.07, 6.45) is -0.107. The van der Waals surface area contributed by atoms with Crippen molar-refractivity contribution in [3.63, 3.8) is 0 Å². The van der Waals surface area contributed by atoms with Crippen LogP contribution in [0, 0.1) is 0 Å². The molecule has 1 aromatic carbocycles. The monoisotopic (exact) mass is 255 g/mol. The first kappa shape index (κ1) is 13.5. The topological polar surface area (TPSA) is 101 Å². The predicted molar refractivity (Wildman–Crippen MR) is 64.0 cm³/mol. The van der Waals surface area contributed by atoms with E-state index in [9.17, 15) is 9.59 Å². The fraction of sp³-hybridized carbons (Fsp3) is 0.273. The SMILES string of the molecule is NC(CC(Sc1ccccc1)C(=O)O)C(=O)O.